The largest absolute Gasteiger partial charge is 0.372 e. The van der Waals surface area contributed by atoms with Crippen LogP contribution in [0.1, 0.15) is 19.4 Å². The number of morpholine rings is 1. The van der Waals surface area contributed by atoms with Gasteiger partial charge in [-0.25, -0.2) is 0 Å². The van der Waals surface area contributed by atoms with Crippen molar-refractivity contribution < 1.29 is 4.74 Å². The maximum atomic E-state index is 5.85. The van der Waals surface area contributed by atoms with Crippen LogP contribution in [0.15, 0.2) is 42.6 Å². The predicted molar refractivity (Wildman–Crippen MR) is 107 cm³/mol. The van der Waals surface area contributed by atoms with Crippen molar-refractivity contribution in [2.45, 2.75) is 33.0 Å². The van der Waals surface area contributed by atoms with Crippen LogP contribution in [-0.2, 0) is 11.8 Å². The minimum atomic E-state index is 0.267. The molecule has 2 unspecified atom stereocenters. The number of hydrogen-bond donors (Lipinski definition) is 1. The van der Waals surface area contributed by atoms with E-state index in [-0.39, 0.29) is 12.2 Å². The Morgan fingerprint density at radius 3 is 2.58 bits per heavy atom. The maximum absolute atomic E-state index is 5.85. The first kappa shape index (κ1) is 16.9. The van der Waals surface area contributed by atoms with E-state index in [1.165, 1.54) is 11.3 Å². The van der Waals surface area contributed by atoms with Crippen LogP contribution in [0.5, 0.6) is 0 Å². The van der Waals surface area contributed by atoms with Gasteiger partial charge in [0.15, 0.2) is 0 Å². The van der Waals surface area contributed by atoms with E-state index in [9.17, 15) is 0 Å². The zero-order chi connectivity index (χ0) is 18.3. The number of nitrogens with one attached hydrogen (secondary N) is 1. The fourth-order valence-corrected chi connectivity index (χ4v) is 3.77. The second-order valence-electron chi connectivity index (χ2n) is 7.33. The third-order valence-electron chi connectivity index (χ3n) is 5.02. The fourth-order valence-electron chi connectivity index (χ4n) is 3.77. The summed E-state index contributed by atoms with van der Waals surface area (Å²) in [5, 5.41) is 8.99. The molecule has 0 radical (unpaired) electrons. The number of aromatic nitrogens is 2. The number of aryl methyl sites for hydroxylation is 2. The quantitative estimate of drug-likeness (QED) is 0.767. The minimum Gasteiger partial charge on any atom is -0.372 e. The predicted octanol–water partition coefficient (Wildman–Crippen LogP) is 4.24. The minimum absolute atomic E-state index is 0.267. The summed E-state index contributed by atoms with van der Waals surface area (Å²) in [5.41, 5.74) is 5.85. The Balaban J connectivity index is 1.55. The van der Waals surface area contributed by atoms with E-state index >= 15 is 0 Å². The summed E-state index contributed by atoms with van der Waals surface area (Å²) in [5.74, 6) is 0. The summed E-state index contributed by atoms with van der Waals surface area (Å²) in [7, 11) is 1.96. The highest BCUT2D eigenvalue weighted by Crippen LogP contribution is 2.28. The van der Waals surface area contributed by atoms with E-state index in [0.717, 1.165) is 35.4 Å². The fraction of sp³-hybridized carbons (Fsp3) is 0.381. The molecule has 1 aromatic heterocycles. The zero-order valence-corrected chi connectivity index (χ0v) is 15.9. The summed E-state index contributed by atoms with van der Waals surface area (Å²) in [6.45, 7) is 8.31. The summed E-state index contributed by atoms with van der Waals surface area (Å²) in [6, 6.07) is 13.0. The molecule has 0 spiro atoms. The van der Waals surface area contributed by atoms with Crippen molar-refractivity contribution in [1.29, 1.82) is 0 Å². The average Bonchev–Trinajstić information content (AvgIpc) is 2.96. The van der Waals surface area contributed by atoms with Gasteiger partial charge in [0.25, 0.3) is 0 Å². The Morgan fingerprint density at radius 1 is 1.08 bits per heavy atom. The van der Waals surface area contributed by atoms with Gasteiger partial charge in [-0.2, -0.15) is 5.10 Å². The molecular formula is C21H26N4O. The van der Waals surface area contributed by atoms with Crippen LogP contribution in [-0.4, -0.2) is 35.1 Å². The lowest BCUT2D eigenvalue weighted by atomic mass is 10.1. The number of nitrogens with zero attached hydrogens (tertiary/aromatic N) is 3. The Kier molecular flexibility index (Phi) is 4.32. The molecule has 1 aliphatic heterocycles. The highest BCUT2D eigenvalue weighted by Gasteiger charge is 2.22. The molecule has 2 aromatic carbocycles. The number of fused-ring (bicyclic) bond motifs is 1. The van der Waals surface area contributed by atoms with Gasteiger partial charge < -0.3 is 15.0 Å². The van der Waals surface area contributed by atoms with Crippen molar-refractivity contribution in [1.82, 2.24) is 9.78 Å². The first-order valence-corrected chi connectivity index (χ1v) is 9.19. The van der Waals surface area contributed by atoms with E-state index in [1.54, 1.807) is 0 Å². The second kappa shape index (κ2) is 6.65. The van der Waals surface area contributed by atoms with Gasteiger partial charge in [-0.1, -0.05) is 0 Å². The lowest BCUT2D eigenvalue weighted by molar-refractivity contribution is -0.00521. The first-order valence-electron chi connectivity index (χ1n) is 9.19. The molecule has 1 N–H and O–H groups in total. The number of anilines is 3. The molecule has 3 aromatic rings. The van der Waals surface area contributed by atoms with Crippen molar-refractivity contribution in [3.63, 3.8) is 0 Å². The van der Waals surface area contributed by atoms with Gasteiger partial charge in [0.05, 0.1) is 23.9 Å². The molecule has 1 fully saturated rings. The van der Waals surface area contributed by atoms with Crippen molar-refractivity contribution >= 4 is 28.0 Å². The maximum Gasteiger partial charge on any atom is 0.0726 e. The molecule has 0 bridgehead atoms. The van der Waals surface area contributed by atoms with Crippen LogP contribution >= 0.6 is 0 Å². The zero-order valence-electron chi connectivity index (χ0n) is 15.9. The van der Waals surface area contributed by atoms with E-state index in [2.05, 4.69) is 72.5 Å². The van der Waals surface area contributed by atoms with Crippen molar-refractivity contribution in [3.05, 3.63) is 48.2 Å². The molecule has 1 saturated heterocycles. The summed E-state index contributed by atoms with van der Waals surface area (Å²) in [4.78, 5) is 2.41. The summed E-state index contributed by atoms with van der Waals surface area (Å²) >= 11 is 0. The molecule has 0 amide bonds. The van der Waals surface area contributed by atoms with Crippen LogP contribution < -0.4 is 10.2 Å². The van der Waals surface area contributed by atoms with Gasteiger partial charge in [0.1, 0.15) is 0 Å². The average molecular weight is 350 g/mol. The molecule has 4 rings (SSSR count). The summed E-state index contributed by atoms with van der Waals surface area (Å²) < 4.78 is 7.74. The van der Waals surface area contributed by atoms with Gasteiger partial charge in [0, 0.05) is 42.6 Å². The summed E-state index contributed by atoms with van der Waals surface area (Å²) in [6.07, 6.45) is 2.43. The van der Waals surface area contributed by atoms with Crippen LogP contribution in [0.2, 0.25) is 0 Å². The third-order valence-corrected chi connectivity index (χ3v) is 5.02. The molecule has 2 heterocycles. The second-order valence-corrected chi connectivity index (χ2v) is 7.33. The van der Waals surface area contributed by atoms with Crippen LogP contribution in [0.25, 0.3) is 10.9 Å². The first-order chi connectivity index (χ1) is 12.5. The van der Waals surface area contributed by atoms with Crippen LogP contribution in [0, 0.1) is 6.92 Å². The van der Waals surface area contributed by atoms with Gasteiger partial charge in [0.2, 0.25) is 0 Å². The van der Waals surface area contributed by atoms with Gasteiger partial charge in [-0.3, -0.25) is 4.68 Å². The van der Waals surface area contributed by atoms with E-state index in [4.69, 9.17) is 4.74 Å². The molecule has 26 heavy (non-hydrogen) atoms. The lowest BCUT2D eigenvalue weighted by Gasteiger charge is -2.37. The standard InChI is InChI=1S/C21H26N4O/c1-14-9-19(25-12-15(2)26-16(3)13-25)6-7-20(14)23-18-5-8-21-17(10-18)11-22-24(21)4/h5-11,15-16,23H,12-13H2,1-4H3. The van der Waals surface area contributed by atoms with Gasteiger partial charge >= 0.3 is 0 Å². The molecule has 5 heteroatoms. The molecule has 1 aliphatic rings. The van der Waals surface area contributed by atoms with E-state index in [0.29, 0.717) is 0 Å². The topological polar surface area (TPSA) is 42.3 Å². The molecule has 2 atom stereocenters. The molecular weight excluding hydrogens is 324 g/mol. The van der Waals surface area contributed by atoms with E-state index < -0.39 is 0 Å². The highest BCUT2D eigenvalue weighted by atomic mass is 16.5. The Hall–Kier alpha value is -2.53. The SMILES string of the molecule is Cc1cc(N2CC(C)OC(C)C2)ccc1Nc1ccc2c(cnn2C)c1. The van der Waals surface area contributed by atoms with E-state index in [1.807, 2.05) is 17.9 Å². The third kappa shape index (κ3) is 3.27. The normalized spacial score (nSPS) is 20.5. The van der Waals surface area contributed by atoms with Gasteiger partial charge in [-0.15, -0.1) is 0 Å². The Labute approximate surface area is 154 Å². The van der Waals surface area contributed by atoms with Crippen molar-refractivity contribution in [3.8, 4) is 0 Å². The van der Waals surface area contributed by atoms with Crippen LogP contribution in [0.4, 0.5) is 17.1 Å². The number of rotatable bonds is 3. The lowest BCUT2D eigenvalue weighted by Crippen LogP contribution is -2.45. The Bertz CT molecular complexity index is 923. The van der Waals surface area contributed by atoms with Gasteiger partial charge in [-0.05, 0) is 62.7 Å². The number of benzene rings is 2. The van der Waals surface area contributed by atoms with Crippen molar-refractivity contribution in [2.24, 2.45) is 7.05 Å². The highest BCUT2D eigenvalue weighted by molar-refractivity contribution is 5.83. The monoisotopic (exact) mass is 350 g/mol. The van der Waals surface area contributed by atoms with Crippen LogP contribution in [0.3, 0.4) is 0 Å². The molecule has 136 valence electrons. The molecule has 0 saturated carbocycles. The molecule has 0 aliphatic carbocycles. The van der Waals surface area contributed by atoms with Crippen molar-refractivity contribution in [2.75, 3.05) is 23.3 Å². The smallest absolute Gasteiger partial charge is 0.0726 e. The number of ether oxygens (including phenoxy) is 1. The molecule has 5 nitrogen and oxygen atoms in total. The Morgan fingerprint density at radius 2 is 1.85 bits per heavy atom. The number of hydrogen-bond acceptors (Lipinski definition) is 4.